The number of likely N-dealkylation sites (tertiary alicyclic amines) is 1. The van der Waals surface area contributed by atoms with Gasteiger partial charge in [-0.3, -0.25) is 24.1 Å². The van der Waals surface area contributed by atoms with Crippen LogP contribution in [0.25, 0.3) is 0 Å². The van der Waals surface area contributed by atoms with Gasteiger partial charge in [0.1, 0.15) is 6.04 Å². The van der Waals surface area contributed by atoms with Crippen LogP contribution in [0.2, 0.25) is 0 Å². The maximum Gasteiger partial charge on any atom is 0.262 e. The fraction of sp³-hybridized carbons (Fsp3) is 0.500. The molecule has 0 bridgehead atoms. The zero-order valence-corrected chi connectivity index (χ0v) is 16.2. The fourth-order valence-electron chi connectivity index (χ4n) is 3.83. The predicted octanol–water partition coefficient (Wildman–Crippen LogP) is 0.293. The topological polar surface area (TPSA) is 113 Å². The number of rotatable bonds is 5. The van der Waals surface area contributed by atoms with Crippen molar-refractivity contribution in [3.63, 3.8) is 0 Å². The summed E-state index contributed by atoms with van der Waals surface area (Å²) in [5.41, 5.74) is 6.95. The van der Waals surface area contributed by atoms with Crippen LogP contribution in [-0.4, -0.2) is 65.6 Å². The number of hydrogen-bond donors (Lipinski definition) is 2. The molecule has 3 N–H and O–H groups in total. The Bertz CT molecular complexity index is 822. The summed E-state index contributed by atoms with van der Waals surface area (Å²) in [6.45, 7) is 4.95. The Morgan fingerprint density at radius 3 is 2.68 bits per heavy atom. The molecular formula is C20H26N4O4. The summed E-state index contributed by atoms with van der Waals surface area (Å²) in [4.78, 5) is 53.3. The van der Waals surface area contributed by atoms with Crippen molar-refractivity contribution in [2.75, 3.05) is 26.2 Å². The molecule has 1 aromatic carbocycles. The van der Waals surface area contributed by atoms with Crippen LogP contribution in [-0.2, 0) is 9.59 Å². The average molecular weight is 386 g/mol. The van der Waals surface area contributed by atoms with Gasteiger partial charge in [0.05, 0.1) is 17.0 Å². The van der Waals surface area contributed by atoms with Crippen LogP contribution in [0.4, 0.5) is 0 Å². The van der Waals surface area contributed by atoms with Gasteiger partial charge in [0.25, 0.3) is 11.8 Å². The first-order chi connectivity index (χ1) is 13.3. The molecule has 3 rings (SSSR count). The Morgan fingerprint density at radius 2 is 1.96 bits per heavy atom. The summed E-state index contributed by atoms with van der Waals surface area (Å²) >= 11 is 0. The lowest BCUT2D eigenvalue weighted by atomic mass is 9.96. The zero-order valence-electron chi connectivity index (χ0n) is 16.2. The zero-order chi connectivity index (χ0) is 20.4. The van der Waals surface area contributed by atoms with Crippen molar-refractivity contribution in [1.29, 1.82) is 0 Å². The van der Waals surface area contributed by atoms with E-state index < -0.39 is 17.9 Å². The molecule has 28 heavy (non-hydrogen) atoms. The Kier molecular flexibility index (Phi) is 5.79. The minimum absolute atomic E-state index is 0.119. The van der Waals surface area contributed by atoms with Crippen LogP contribution in [0.3, 0.4) is 0 Å². The summed E-state index contributed by atoms with van der Waals surface area (Å²) in [5.74, 6) is -1.63. The van der Waals surface area contributed by atoms with Gasteiger partial charge in [0.15, 0.2) is 0 Å². The van der Waals surface area contributed by atoms with Crippen LogP contribution in [0.15, 0.2) is 18.2 Å². The van der Waals surface area contributed by atoms with Crippen LogP contribution in [0.5, 0.6) is 0 Å². The number of aryl methyl sites for hydroxylation is 1. The highest BCUT2D eigenvalue weighted by Crippen LogP contribution is 2.27. The quantitative estimate of drug-likeness (QED) is 0.707. The summed E-state index contributed by atoms with van der Waals surface area (Å²) in [6.07, 6.45) is 1.39. The number of piperidine rings is 1. The number of fused-ring (bicyclic) bond motifs is 1. The van der Waals surface area contributed by atoms with E-state index >= 15 is 0 Å². The Hall–Kier alpha value is -2.74. The van der Waals surface area contributed by atoms with Crippen molar-refractivity contribution in [1.82, 2.24) is 15.1 Å². The summed E-state index contributed by atoms with van der Waals surface area (Å²) in [5, 5.41) is 2.76. The molecule has 1 saturated heterocycles. The molecule has 0 spiro atoms. The standard InChI is InChI=1S/C20H26N4O4/c1-12-5-6-15-16(10-12)20(28)24(19(15)27)13(2)18(26)23-9-3-4-14(11-23)17(25)22-8-7-21/h5-6,10,13-14H,3-4,7-9,11,21H2,1-2H3,(H,22,25). The second-order valence-electron chi connectivity index (χ2n) is 7.41. The molecule has 0 aromatic heterocycles. The highest BCUT2D eigenvalue weighted by Gasteiger charge is 2.42. The van der Waals surface area contributed by atoms with Crippen LogP contribution >= 0.6 is 0 Å². The lowest BCUT2D eigenvalue weighted by Crippen LogP contribution is -2.53. The van der Waals surface area contributed by atoms with Gasteiger partial charge in [-0.1, -0.05) is 11.6 Å². The number of carbonyl (C=O) groups is 4. The molecule has 2 aliphatic rings. The molecule has 8 nitrogen and oxygen atoms in total. The van der Waals surface area contributed by atoms with Crippen LogP contribution in [0.1, 0.15) is 46.0 Å². The van der Waals surface area contributed by atoms with E-state index in [9.17, 15) is 19.2 Å². The molecule has 0 aliphatic carbocycles. The van der Waals surface area contributed by atoms with E-state index in [1.807, 2.05) is 6.92 Å². The number of nitrogens with one attached hydrogen (secondary N) is 1. The predicted molar refractivity (Wildman–Crippen MR) is 103 cm³/mol. The van der Waals surface area contributed by atoms with Gasteiger partial charge in [0.2, 0.25) is 11.8 Å². The van der Waals surface area contributed by atoms with Crippen molar-refractivity contribution in [2.45, 2.75) is 32.7 Å². The Balaban J connectivity index is 1.71. The molecule has 2 atom stereocenters. The van der Waals surface area contributed by atoms with Crippen molar-refractivity contribution >= 4 is 23.6 Å². The van der Waals surface area contributed by atoms with E-state index in [0.29, 0.717) is 43.6 Å². The number of carbonyl (C=O) groups excluding carboxylic acids is 4. The van der Waals surface area contributed by atoms with Gasteiger partial charge in [-0.25, -0.2) is 0 Å². The monoisotopic (exact) mass is 386 g/mol. The van der Waals surface area contributed by atoms with E-state index in [2.05, 4.69) is 5.32 Å². The third-order valence-corrected chi connectivity index (χ3v) is 5.37. The molecule has 2 aliphatic heterocycles. The maximum atomic E-state index is 13.0. The Morgan fingerprint density at radius 1 is 1.25 bits per heavy atom. The van der Waals surface area contributed by atoms with Gasteiger partial charge in [0, 0.05) is 26.2 Å². The molecule has 8 heteroatoms. The second-order valence-corrected chi connectivity index (χ2v) is 7.41. The smallest absolute Gasteiger partial charge is 0.262 e. The SMILES string of the molecule is Cc1ccc2c(c1)C(=O)N(C(C)C(=O)N1CCCC(C(=O)NCCN)C1)C2=O. The molecule has 2 unspecified atom stereocenters. The minimum Gasteiger partial charge on any atom is -0.355 e. The summed E-state index contributed by atoms with van der Waals surface area (Å²) in [7, 11) is 0. The molecule has 2 heterocycles. The van der Waals surface area contributed by atoms with E-state index in [1.165, 1.54) is 0 Å². The fourth-order valence-corrected chi connectivity index (χ4v) is 3.83. The lowest BCUT2D eigenvalue weighted by Gasteiger charge is -2.35. The second kappa shape index (κ2) is 8.10. The van der Waals surface area contributed by atoms with E-state index in [0.717, 1.165) is 10.5 Å². The Labute approximate surface area is 164 Å². The molecule has 0 saturated carbocycles. The lowest BCUT2D eigenvalue weighted by molar-refractivity contribution is -0.138. The van der Waals surface area contributed by atoms with Gasteiger partial charge in [-0.2, -0.15) is 0 Å². The normalized spacial score (nSPS) is 20.2. The van der Waals surface area contributed by atoms with Crippen molar-refractivity contribution in [2.24, 2.45) is 11.7 Å². The third kappa shape index (κ3) is 3.64. The first kappa shape index (κ1) is 20.0. The first-order valence-electron chi connectivity index (χ1n) is 9.60. The largest absolute Gasteiger partial charge is 0.355 e. The number of hydrogen-bond acceptors (Lipinski definition) is 5. The highest BCUT2D eigenvalue weighted by molar-refractivity contribution is 6.22. The molecule has 1 fully saturated rings. The number of benzene rings is 1. The van der Waals surface area contributed by atoms with Crippen molar-refractivity contribution < 1.29 is 19.2 Å². The van der Waals surface area contributed by atoms with E-state index in [1.54, 1.807) is 30.0 Å². The summed E-state index contributed by atoms with van der Waals surface area (Å²) in [6, 6.07) is 4.15. The number of nitrogens with zero attached hydrogens (tertiary/aromatic N) is 2. The van der Waals surface area contributed by atoms with Gasteiger partial charge >= 0.3 is 0 Å². The number of imide groups is 1. The van der Waals surface area contributed by atoms with Crippen molar-refractivity contribution in [3.05, 3.63) is 34.9 Å². The molecule has 1 aromatic rings. The number of amides is 4. The number of nitrogens with two attached hydrogens (primary N) is 1. The first-order valence-corrected chi connectivity index (χ1v) is 9.60. The van der Waals surface area contributed by atoms with Gasteiger partial charge in [-0.15, -0.1) is 0 Å². The average Bonchev–Trinajstić information content (AvgIpc) is 2.94. The minimum atomic E-state index is -0.918. The highest BCUT2D eigenvalue weighted by atomic mass is 16.2. The molecular weight excluding hydrogens is 360 g/mol. The van der Waals surface area contributed by atoms with Gasteiger partial charge < -0.3 is 16.0 Å². The maximum absolute atomic E-state index is 13.0. The summed E-state index contributed by atoms with van der Waals surface area (Å²) < 4.78 is 0. The van der Waals surface area contributed by atoms with E-state index in [-0.39, 0.29) is 24.3 Å². The van der Waals surface area contributed by atoms with Gasteiger partial charge in [-0.05, 0) is 38.8 Å². The van der Waals surface area contributed by atoms with E-state index in [4.69, 9.17) is 5.73 Å². The van der Waals surface area contributed by atoms with Crippen LogP contribution < -0.4 is 11.1 Å². The third-order valence-electron chi connectivity index (χ3n) is 5.37. The molecule has 150 valence electrons. The van der Waals surface area contributed by atoms with Crippen LogP contribution in [0, 0.1) is 12.8 Å². The molecule has 4 amide bonds. The molecule has 0 radical (unpaired) electrons. The van der Waals surface area contributed by atoms with Crippen molar-refractivity contribution in [3.8, 4) is 0 Å².